The molecule has 0 radical (unpaired) electrons. The summed E-state index contributed by atoms with van der Waals surface area (Å²) in [5.74, 6) is -0.596. The zero-order chi connectivity index (χ0) is 17.7. The Morgan fingerprint density at radius 3 is 2.33 bits per heavy atom. The highest BCUT2D eigenvalue weighted by Crippen LogP contribution is 2.25. The number of hydrogen-bond donors (Lipinski definition) is 0. The summed E-state index contributed by atoms with van der Waals surface area (Å²) in [4.78, 5) is 14.6. The maximum absolute atomic E-state index is 13.0. The van der Waals surface area contributed by atoms with Crippen molar-refractivity contribution in [2.24, 2.45) is 0 Å². The van der Waals surface area contributed by atoms with Gasteiger partial charge >= 0.3 is 0 Å². The molecular formula is C19H23NO3S. The molecule has 0 saturated carbocycles. The first-order valence-electron chi connectivity index (χ1n) is 7.85. The highest BCUT2D eigenvalue weighted by Gasteiger charge is 2.25. The zero-order valence-corrected chi connectivity index (χ0v) is 15.1. The summed E-state index contributed by atoms with van der Waals surface area (Å²) in [5.41, 5.74) is 2.71. The van der Waals surface area contributed by atoms with E-state index >= 15 is 0 Å². The van der Waals surface area contributed by atoms with Crippen molar-refractivity contribution < 1.29 is 13.2 Å². The summed E-state index contributed by atoms with van der Waals surface area (Å²) in [6.45, 7) is 1.97. The normalized spacial score (nSPS) is 12.6. The number of benzene rings is 2. The molecule has 4 nitrogen and oxygen atoms in total. The summed E-state index contributed by atoms with van der Waals surface area (Å²) in [7, 11) is -1.40. The first-order valence-corrected chi connectivity index (χ1v) is 9.91. The molecule has 5 heteroatoms. The van der Waals surface area contributed by atoms with Gasteiger partial charge in [-0.25, -0.2) is 8.42 Å². The van der Waals surface area contributed by atoms with Crippen LogP contribution in [0.15, 0.2) is 54.6 Å². The summed E-state index contributed by atoms with van der Waals surface area (Å²) in [6, 6.07) is 17.0. The van der Waals surface area contributed by atoms with E-state index in [0.29, 0.717) is 0 Å². The third-order valence-corrected chi connectivity index (χ3v) is 4.97. The van der Waals surface area contributed by atoms with Crippen LogP contribution >= 0.6 is 0 Å². The fourth-order valence-corrected chi connectivity index (χ4v) is 3.31. The number of hydrogen-bond acceptors (Lipinski definition) is 3. The van der Waals surface area contributed by atoms with Crippen LogP contribution in [0, 0.1) is 6.92 Å². The van der Waals surface area contributed by atoms with Crippen molar-refractivity contribution in [1.82, 2.24) is 0 Å². The molecule has 0 bridgehead atoms. The maximum atomic E-state index is 13.0. The molecular weight excluding hydrogens is 322 g/mol. The molecule has 2 aromatic rings. The molecule has 0 aromatic heterocycles. The van der Waals surface area contributed by atoms with Crippen molar-refractivity contribution in [2.45, 2.75) is 19.3 Å². The number of carbonyl (C=O) groups excluding carboxylic acids is 1. The van der Waals surface area contributed by atoms with Crippen LogP contribution in [0.5, 0.6) is 0 Å². The molecule has 0 saturated heterocycles. The summed E-state index contributed by atoms with van der Waals surface area (Å²) >= 11 is 0. The van der Waals surface area contributed by atoms with Gasteiger partial charge in [-0.2, -0.15) is 0 Å². The highest BCUT2D eigenvalue weighted by molar-refractivity contribution is 7.90. The Morgan fingerprint density at radius 2 is 1.75 bits per heavy atom. The molecule has 0 unspecified atom stereocenters. The monoisotopic (exact) mass is 345 g/mol. The zero-order valence-electron chi connectivity index (χ0n) is 14.3. The molecule has 0 aliphatic rings. The second-order valence-corrected chi connectivity index (χ2v) is 8.38. The van der Waals surface area contributed by atoms with Crippen molar-refractivity contribution in [2.75, 3.05) is 24.0 Å². The average Bonchev–Trinajstić information content (AvgIpc) is 2.54. The van der Waals surface area contributed by atoms with E-state index < -0.39 is 15.8 Å². The molecule has 1 atom stereocenters. The number of rotatable bonds is 6. The van der Waals surface area contributed by atoms with Gasteiger partial charge in [0.15, 0.2) is 0 Å². The lowest BCUT2D eigenvalue weighted by molar-refractivity contribution is -0.119. The highest BCUT2D eigenvalue weighted by atomic mass is 32.2. The molecule has 0 spiro atoms. The number of anilines is 1. The van der Waals surface area contributed by atoms with Crippen LogP contribution in [-0.4, -0.2) is 33.4 Å². The number of likely N-dealkylation sites (N-methyl/N-ethyl adjacent to an activating group) is 1. The van der Waals surface area contributed by atoms with E-state index in [1.165, 1.54) is 6.26 Å². The summed E-state index contributed by atoms with van der Waals surface area (Å²) in [6.07, 6.45) is 1.47. The van der Waals surface area contributed by atoms with Crippen LogP contribution in [0.4, 0.5) is 5.69 Å². The van der Waals surface area contributed by atoms with Crippen molar-refractivity contribution in [3.05, 3.63) is 65.7 Å². The van der Waals surface area contributed by atoms with Crippen molar-refractivity contribution >= 4 is 21.4 Å². The number of aryl methyl sites for hydroxylation is 1. The van der Waals surface area contributed by atoms with E-state index in [1.807, 2.05) is 61.5 Å². The fraction of sp³-hybridized carbons (Fsp3) is 0.316. The molecule has 2 aromatic carbocycles. The third kappa shape index (κ3) is 4.93. The molecule has 1 amide bonds. The topological polar surface area (TPSA) is 54.5 Å². The van der Waals surface area contributed by atoms with E-state index in [9.17, 15) is 13.2 Å². The lowest BCUT2D eigenvalue weighted by Gasteiger charge is -2.24. The smallest absolute Gasteiger partial charge is 0.234 e. The predicted molar refractivity (Wildman–Crippen MR) is 98.1 cm³/mol. The standard InChI is InChI=1S/C19H23NO3S/c1-15-8-7-11-17(14-15)20(2)19(21)18(12-13-24(3,22)23)16-9-5-4-6-10-16/h4-11,14,18H,12-13H2,1-3H3/t18-/m0/s1. The Balaban J connectivity index is 2.30. The first-order chi connectivity index (χ1) is 11.3. The number of sulfone groups is 1. The van der Waals surface area contributed by atoms with Gasteiger partial charge in [0.1, 0.15) is 9.84 Å². The predicted octanol–water partition coefficient (Wildman–Crippen LogP) is 3.18. The van der Waals surface area contributed by atoms with Gasteiger partial charge in [-0.15, -0.1) is 0 Å². The Hall–Kier alpha value is -2.14. The lowest BCUT2D eigenvalue weighted by Crippen LogP contribution is -2.32. The van der Waals surface area contributed by atoms with Gasteiger partial charge in [-0.05, 0) is 36.6 Å². The summed E-state index contributed by atoms with van der Waals surface area (Å²) < 4.78 is 23.1. The molecule has 24 heavy (non-hydrogen) atoms. The molecule has 0 N–H and O–H groups in total. The van der Waals surface area contributed by atoms with Crippen LogP contribution in [0.1, 0.15) is 23.5 Å². The second-order valence-electron chi connectivity index (χ2n) is 6.12. The van der Waals surface area contributed by atoms with E-state index in [1.54, 1.807) is 11.9 Å². The van der Waals surface area contributed by atoms with Crippen molar-refractivity contribution in [3.8, 4) is 0 Å². The van der Waals surface area contributed by atoms with E-state index in [4.69, 9.17) is 0 Å². The molecule has 0 aliphatic heterocycles. The second kappa shape index (κ2) is 7.62. The Morgan fingerprint density at radius 1 is 1.08 bits per heavy atom. The minimum absolute atomic E-state index is 0.0139. The summed E-state index contributed by atoms with van der Waals surface area (Å²) in [5, 5.41) is 0. The number of nitrogens with zero attached hydrogens (tertiary/aromatic N) is 1. The Labute approximate surface area is 144 Å². The van der Waals surface area contributed by atoms with Gasteiger partial charge in [0.2, 0.25) is 5.91 Å². The molecule has 0 fully saturated rings. The average molecular weight is 345 g/mol. The first kappa shape index (κ1) is 18.2. The van der Waals surface area contributed by atoms with Crippen LogP contribution in [-0.2, 0) is 14.6 Å². The SMILES string of the molecule is Cc1cccc(N(C)C(=O)[C@@H](CCS(C)(=O)=O)c2ccccc2)c1. The minimum atomic E-state index is -3.13. The van der Waals surface area contributed by atoms with Crippen LogP contribution in [0.3, 0.4) is 0 Å². The molecule has 128 valence electrons. The Bertz CT molecular complexity index is 800. The van der Waals surface area contributed by atoms with Crippen LogP contribution in [0.25, 0.3) is 0 Å². The fourth-order valence-electron chi connectivity index (χ4n) is 2.65. The van der Waals surface area contributed by atoms with E-state index in [0.717, 1.165) is 16.8 Å². The van der Waals surface area contributed by atoms with Crippen molar-refractivity contribution in [1.29, 1.82) is 0 Å². The number of carbonyl (C=O) groups is 1. The van der Waals surface area contributed by atoms with Crippen molar-refractivity contribution in [3.63, 3.8) is 0 Å². The van der Waals surface area contributed by atoms with Gasteiger partial charge in [-0.3, -0.25) is 4.79 Å². The van der Waals surface area contributed by atoms with Gasteiger partial charge in [0.25, 0.3) is 0 Å². The van der Waals surface area contributed by atoms with Gasteiger partial charge in [0.05, 0.1) is 11.7 Å². The lowest BCUT2D eigenvalue weighted by atomic mass is 9.95. The molecule has 0 heterocycles. The largest absolute Gasteiger partial charge is 0.315 e. The third-order valence-electron chi connectivity index (χ3n) is 4.00. The molecule has 0 aliphatic carbocycles. The van der Waals surface area contributed by atoms with Crippen LogP contribution < -0.4 is 4.90 Å². The number of amides is 1. The van der Waals surface area contributed by atoms with Gasteiger partial charge in [-0.1, -0.05) is 42.5 Å². The van der Waals surface area contributed by atoms with E-state index in [-0.39, 0.29) is 18.1 Å². The van der Waals surface area contributed by atoms with Gasteiger partial charge < -0.3 is 4.90 Å². The quantitative estimate of drug-likeness (QED) is 0.808. The Kier molecular flexibility index (Phi) is 5.78. The minimum Gasteiger partial charge on any atom is -0.315 e. The molecule has 2 rings (SSSR count). The van der Waals surface area contributed by atoms with Gasteiger partial charge in [0, 0.05) is 19.0 Å². The maximum Gasteiger partial charge on any atom is 0.234 e. The van der Waals surface area contributed by atoms with Crippen LogP contribution in [0.2, 0.25) is 0 Å². The van der Waals surface area contributed by atoms with E-state index in [2.05, 4.69) is 0 Å².